The highest BCUT2D eigenvalue weighted by molar-refractivity contribution is 5.42. The van der Waals surface area contributed by atoms with E-state index in [4.69, 9.17) is 4.74 Å². The Balaban J connectivity index is 2.53. The molecule has 0 heterocycles. The SMILES string of the molecule is COc1cccc(C(C)(O)c2ccc(O)cc2)c1F. The Morgan fingerprint density at radius 2 is 1.74 bits per heavy atom. The molecule has 0 saturated heterocycles. The minimum atomic E-state index is -1.51. The van der Waals surface area contributed by atoms with Crippen LogP contribution in [-0.4, -0.2) is 17.3 Å². The van der Waals surface area contributed by atoms with Gasteiger partial charge in [0.2, 0.25) is 0 Å². The summed E-state index contributed by atoms with van der Waals surface area (Å²) in [6.07, 6.45) is 0. The second-order valence-corrected chi connectivity index (χ2v) is 4.44. The maximum absolute atomic E-state index is 14.2. The molecule has 3 nitrogen and oxygen atoms in total. The van der Waals surface area contributed by atoms with E-state index < -0.39 is 11.4 Å². The van der Waals surface area contributed by atoms with Crippen LogP contribution in [0.2, 0.25) is 0 Å². The van der Waals surface area contributed by atoms with Gasteiger partial charge in [0.25, 0.3) is 0 Å². The van der Waals surface area contributed by atoms with E-state index in [0.29, 0.717) is 5.56 Å². The average molecular weight is 262 g/mol. The number of hydrogen-bond acceptors (Lipinski definition) is 3. The predicted octanol–water partition coefficient (Wildman–Crippen LogP) is 2.80. The van der Waals surface area contributed by atoms with Gasteiger partial charge in [-0.3, -0.25) is 0 Å². The Kier molecular flexibility index (Phi) is 3.44. The number of phenolic OH excluding ortho intramolecular Hbond substituents is 1. The van der Waals surface area contributed by atoms with Crippen molar-refractivity contribution in [1.29, 1.82) is 0 Å². The molecule has 0 aliphatic heterocycles. The third-order valence-electron chi connectivity index (χ3n) is 3.14. The summed E-state index contributed by atoms with van der Waals surface area (Å²) < 4.78 is 19.1. The number of aromatic hydroxyl groups is 1. The molecule has 2 aromatic carbocycles. The molecular weight excluding hydrogens is 247 g/mol. The van der Waals surface area contributed by atoms with Crippen LogP contribution < -0.4 is 4.74 Å². The van der Waals surface area contributed by atoms with Gasteiger partial charge in [-0.25, -0.2) is 4.39 Å². The van der Waals surface area contributed by atoms with Gasteiger partial charge < -0.3 is 14.9 Å². The first kappa shape index (κ1) is 13.4. The maximum atomic E-state index is 14.2. The van der Waals surface area contributed by atoms with Gasteiger partial charge in [-0.2, -0.15) is 0 Å². The van der Waals surface area contributed by atoms with E-state index in [1.54, 1.807) is 18.2 Å². The summed E-state index contributed by atoms with van der Waals surface area (Å²) >= 11 is 0. The lowest BCUT2D eigenvalue weighted by atomic mass is 9.87. The highest BCUT2D eigenvalue weighted by Crippen LogP contribution is 2.34. The molecule has 2 N–H and O–H groups in total. The van der Waals surface area contributed by atoms with Crippen molar-refractivity contribution in [3.63, 3.8) is 0 Å². The van der Waals surface area contributed by atoms with E-state index >= 15 is 0 Å². The highest BCUT2D eigenvalue weighted by atomic mass is 19.1. The summed E-state index contributed by atoms with van der Waals surface area (Å²) in [6, 6.07) is 10.6. The van der Waals surface area contributed by atoms with Crippen LogP contribution in [-0.2, 0) is 5.60 Å². The van der Waals surface area contributed by atoms with Crippen molar-refractivity contribution in [2.24, 2.45) is 0 Å². The molecule has 4 heteroatoms. The van der Waals surface area contributed by atoms with Crippen molar-refractivity contribution in [2.45, 2.75) is 12.5 Å². The molecule has 1 atom stereocenters. The van der Waals surface area contributed by atoms with E-state index in [1.807, 2.05) is 0 Å². The van der Waals surface area contributed by atoms with E-state index in [2.05, 4.69) is 0 Å². The fourth-order valence-corrected chi connectivity index (χ4v) is 1.99. The largest absolute Gasteiger partial charge is 0.508 e. The van der Waals surface area contributed by atoms with Crippen LogP contribution in [0.3, 0.4) is 0 Å². The van der Waals surface area contributed by atoms with Gasteiger partial charge in [-0.05, 0) is 30.7 Å². The van der Waals surface area contributed by atoms with Gasteiger partial charge in [-0.1, -0.05) is 24.3 Å². The lowest BCUT2D eigenvalue weighted by Crippen LogP contribution is -2.24. The standard InChI is InChI=1S/C15H15FO3/c1-15(18,10-6-8-11(17)9-7-10)12-4-3-5-13(19-2)14(12)16/h3-9,17-18H,1-2H3. The van der Waals surface area contributed by atoms with E-state index in [1.165, 1.54) is 38.3 Å². The summed E-state index contributed by atoms with van der Waals surface area (Å²) in [5.74, 6) is -0.426. The van der Waals surface area contributed by atoms with Crippen LogP contribution >= 0.6 is 0 Å². The molecule has 0 aliphatic carbocycles. The molecule has 0 radical (unpaired) electrons. The zero-order chi connectivity index (χ0) is 14.0. The number of rotatable bonds is 3. The number of ether oxygens (including phenoxy) is 1. The Morgan fingerprint density at radius 1 is 1.11 bits per heavy atom. The predicted molar refractivity (Wildman–Crippen MR) is 69.7 cm³/mol. The van der Waals surface area contributed by atoms with Crippen LogP contribution in [0.5, 0.6) is 11.5 Å². The number of hydrogen-bond donors (Lipinski definition) is 2. The van der Waals surface area contributed by atoms with Gasteiger partial charge in [0.1, 0.15) is 11.4 Å². The monoisotopic (exact) mass is 262 g/mol. The maximum Gasteiger partial charge on any atom is 0.171 e. The second-order valence-electron chi connectivity index (χ2n) is 4.44. The van der Waals surface area contributed by atoms with E-state index in [0.717, 1.165) is 0 Å². The van der Waals surface area contributed by atoms with E-state index in [9.17, 15) is 14.6 Å². The number of phenols is 1. The number of halogens is 1. The molecule has 1 unspecified atom stereocenters. The summed E-state index contributed by atoms with van der Waals surface area (Å²) in [4.78, 5) is 0. The Bertz CT molecular complexity index is 576. The van der Waals surface area contributed by atoms with Crippen molar-refractivity contribution < 1.29 is 19.3 Å². The fraction of sp³-hybridized carbons (Fsp3) is 0.200. The highest BCUT2D eigenvalue weighted by Gasteiger charge is 2.30. The van der Waals surface area contributed by atoms with Crippen molar-refractivity contribution in [3.8, 4) is 11.5 Å². The number of aliphatic hydroxyl groups is 1. The van der Waals surface area contributed by atoms with Crippen LogP contribution in [0.1, 0.15) is 18.1 Å². The van der Waals surface area contributed by atoms with Gasteiger partial charge in [0.05, 0.1) is 7.11 Å². The van der Waals surface area contributed by atoms with Crippen LogP contribution in [0.4, 0.5) is 4.39 Å². The zero-order valence-corrected chi connectivity index (χ0v) is 10.7. The third-order valence-corrected chi connectivity index (χ3v) is 3.14. The first-order valence-electron chi connectivity index (χ1n) is 5.81. The Morgan fingerprint density at radius 3 is 2.32 bits per heavy atom. The molecule has 100 valence electrons. The van der Waals surface area contributed by atoms with Crippen LogP contribution in [0.25, 0.3) is 0 Å². The molecule has 0 fully saturated rings. The normalized spacial score (nSPS) is 13.9. The first-order valence-corrected chi connectivity index (χ1v) is 5.81. The van der Waals surface area contributed by atoms with Crippen molar-refractivity contribution in [1.82, 2.24) is 0 Å². The minimum Gasteiger partial charge on any atom is -0.508 e. The molecule has 19 heavy (non-hydrogen) atoms. The summed E-state index contributed by atoms with van der Waals surface area (Å²) in [7, 11) is 1.37. The number of methoxy groups -OCH3 is 1. The van der Waals surface area contributed by atoms with Crippen LogP contribution in [0.15, 0.2) is 42.5 Å². The van der Waals surface area contributed by atoms with Gasteiger partial charge in [-0.15, -0.1) is 0 Å². The lowest BCUT2D eigenvalue weighted by molar-refractivity contribution is 0.0972. The molecular formula is C15H15FO3. The minimum absolute atomic E-state index is 0.0801. The van der Waals surface area contributed by atoms with Crippen LogP contribution in [0, 0.1) is 5.82 Å². The molecule has 0 bridgehead atoms. The van der Waals surface area contributed by atoms with Crippen molar-refractivity contribution in [3.05, 3.63) is 59.4 Å². The summed E-state index contributed by atoms with van der Waals surface area (Å²) in [5, 5.41) is 19.8. The molecule has 0 spiro atoms. The van der Waals surface area contributed by atoms with Gasteiger partial charge in [0, 0.05) is 5.56 Å². The molecule has 2 rings (SSSR count). The van der Waals surface area contributed by atoms with Crippen molar-refractivity contribution >= 4 is 0 Å². The molecule has 0 aliphatic rings. The fourth-order valence-electron chi connectivity index (χ4n) is 1.99. The molecule has 0 saturated carbocycles. The second kappa shape index (κ2) is 4.90. The average Bonchev–Trinajstić information content (AvgIpc) is 2.39. The smallest absolute Gasteiger partial charge is 0.171 e. The summed E-state index contributed by atoms with van der Waals surface area (Å²) in [6.45, 7) is 1.50. The quantitative estimate of drug-likeness (QED) is 0.894. The summed E-state index contributed by atoms with van der Waals surface area (Å²) in [5.41, 5.74) is -0.901. The molecule has 0 amide bonds. The van der Waals surface area contributed by atoms with Gasteiger partial charge in [0.15, 0.2) is 11.6 Å². The number of benzene rings is 2. The van der Waals surface area contributed by atoms with Gasteiger partial charge >= 0.3 is 0 Å². The third kappa shape index (κ3) is 2.39. The molecule has 0 aromatic heterocycles. The zero-order valence-electron chi connectivity index (χ0n) is 10.7. The molecule has 2 aromatic rings. The Labute approximate surface area is 110 Å². The Hall–Kier alpha value is -2.07. The lowest BCUT2D eigenvalue weighted by Gasteiger charge is -2.25. The topological polar surface area (TPSA) is 49.7 Å². The van der Waals surface area contributed by atoms with Crippen molar-refractivity contribution in [2.75, 3.05) is 7.11 Å². The first-order chi connectivity index (χ1) is 8.96. The van der Waals surface area contributed by atoms with E-state index in [-0.39, 0.29) is 17.1 Å².